The van der Waals surface area contributed by atoms with Gasteiger partial charge in [0.25, 0.3) is 5.91 Å². The Bertz CT molecular complexity index is 1280. The summed E-state index contributed by atoms with van der Waals surface area (Å²) in [5, 5.41) is 18.6. The first-order chi connectivity index (χ1) is 16.0. The lowest BCUT2D eigenvalue weighted by molar-refractivity contribution is 0.0913. The van der Waals surface area contributed by atoms with E-state index in [1.54, 1.807) is 35.0 Å². The van der Waals surface area contributed by atoms with Crippen molar-refractivity contribution >= 4 is 41.0 Å². The monoisotopic (exact) mass is 483 g/mol. The van der Waals surface area contributed by atoms with Crippen LogP contribution in [-0.4, -0.2) is 39.2 Å². The van der Waals surface area contributed by atoms with Crippen molar-refractivity contribution in [2.75, 3.05) is 12.4 Å². The molecule has 0 aliphatic carbocycles. The van der Waals surface area contributed by atoms with Gasteiger partial charge in [0.15, 0.2) is 0 Å². The van der Waals surface area contributed by atoms with Gasteiger partial charge in [-0.25, -0.2) is 9.07 Å². The summed E-state index contributed by atoms with van der Waals surface area (Å²) in [5.41, 5.74) is 3.18. The zero-order valence-corrected chi connectivity index (χ0v) is 19.4. The maximum absolute atomic E-state index is 13.5. The average molecular weight is 484 g/mol. The average Bonchev–Trinajstić information content (AvgIpc) is 3.21. The van der Waals surface area contributed by atoms with E-state index in [0.717, 1.165) is 17.4 Å². The van der Waals surface area contributed by atoms with E-state index in [4.69, 9.17) is 16.7 Å². The molecule has 170 valence electrons. The molecule has 2 N–H and O–H groups in total. The standard InChI is InChI=1S/C25H23ClFN3O2S/c26-22-6-2-1-5-20(22)24-21-12-7-16(25(32)28-18(15-31)4-3-13-33)14-23(21)30(29-24)19-10-8-17(27)9-11-19/h1-2,5-12,14,18,31,33H,3-4,13,15H2,(H,28,32)/t18-/m0/s1. The van der Waals surface area contributed by atoms with E-state index in [1.165, 1.54) is 12.1 Å². The highest BCUT2D eigenvalue weighted by molar-refractivity contribution is 7.80. The van der Waals surface area contributed by atoms with Crippen molar-refractivity contribution < 1.29 is 14.3 Å². The van der Waals surface area contributed by atoms with Gasteiger partial charge in [-0.3, -0.25) is 4.79 Å². The number of hydrogen-bond acceptors (Lipinski definition) is 4. The number of nitrogens with zero attached hydrogens (tertiary/aromatic N) is 2. The van der Waals surface area contributed by atoms with Gasteiger partial charge in [-0.05, 0) is 67.1 Å². The van der Waals surface area contributed by atoms with Crippen LogP contribution in [0.5, 0.6) is 0 Å². The van der Waals surface area contributed by atoms with Crippen molar-refractivity contribution in [1.82, 2.24) is 15.1 Å². The van der Waals surface area contributed by atoms with Crippen molar-refractivity contribution in [3.05, 3.63) is 83.1 Å². The topological polar surface area (TPSA) is 67.2 Å². The van der Waals surface area contributed by atoms with Crippen molar-refractivity contribution in [3.8, 4) is 16.9 Å². The highest BCUT2D eigenvalue weighted by atomic mass is 35.5. The first kappa shape index (κ1) is 23.3. The molecule has 5 nitrogen and oxygen atoms in total. The fourth-order valence-corrected chi connectivity index (χ4v) is 4.11. The first-order valence-electron chi connectivity index (χ1n) is 10.6. The highest BCUT2D eigenvalue weighted by Gasteiger charge is 2.19. The number of hydrogen-bond donors (Lipinski definition) is 3. The number of aliphatic hydroxyl groups is 1. The van der Waals surface area contributed by atoms with Crippen LogP contribution in [0.15, 0.2) is 66.7 Å². The quantitative estimate of drug-likeness (QED) is 0.298. The van der Waals surface area contributed by atoms with Gasteiger partial charge < -0.3 is 10.4 Å². The molecule has 3 aromatic carbocycles. The van der Waals surface area contributed by atoms with Crippen LogP contribution in [-0.2, 0) is 0 Å². The summed E-state index contributed by atoms with van der Waals surface area (Å²) < 4.78 is 15.2. The fourth-order valence-electron chi connectivity index (χ4n) is 3.70. The number of halogens is 2. The molecule has 1 heterocycles. The van der Waals surface area contributed by atoms with Crippen molar-refractivity contribution in [1.29, 1.82) is 0 Å². The van der Waals surface area contributed by atoms with Crippen LogP contribution in [0.4, 0.5) is 4.39 Å². The van der Waals surface area contributed by atoms with Gasteiger partial charge in [-0.2, -0.15) is 17.7 Å². The second kappa shape index (κ2) is 10.4. The molecule has 0 unspecified atom stereocenters. The molecule has 4 aromatic rings. The molecule has 1 amide bonds. The lowest BCUT2D eigenvalue weighted by atomic mass is 10.1. The van der Waals surface area contributed by atoms with Gasteiger partial charge >= 0.3 is 0 Å². The smallest absolute Gasteiger partial charge is 0.251 e. The highest BCUT2D eigenvalue weighted by Crippen LogP contribution is 2.34. The second-order valence-corrected chi connectivity index (χ2v) is 8.52. The van der Waals surface area contributed by atoms with Crippen LogP contribution in [0, 0.1) is 5.82 Å². The molecule has 4 rings (SSSR count). The van der Waals surface area contributed by atoms with Gasteiger partial charge in [0.05, 0.1) is 28.9 Å². The summed E-state index contributed by atoms with van der Waals surface area (Å²) in [7, 11) is 0. The Labute approximate surface area is 201 Å². The van der Waals surface area contributed by atoms with Gasteiger partial charge in [0.2, 0.25) is 0 Å². The third-order valence-corrected chi connectivity index (χ3v) is 6.06. The number of aliphatic hydroxyl groups excluding tert-OH is 1. The Morgan fingerprint density at radius 1 is 1.15 bits per heavy atom. The zero-order chi connectivity index (χ0) is 23.4. The number of carbonyl (C=O) groups is 1. The Hall–Kier alpha value is -2.87. The summed E-state index contributed by atoms with van der Waals surface area (Å²) in [4.78, 5) is 12.9. The zero-order valence-electron chi connectivity index (χ0n) is 17.7. The van der Waals surface area contributed by atoms with Gasteiger partial charge in [-0.1, -0.05) is 29.8 Å². The van der Waals surface area contributed by atoms with E-state index in [1.807, 2.05) is 24.3 Å². The number of aromatic nitrogens is 2. The molecule has 0 fully saturated rings. The van der Waals surface area contributed by atoms with Gasteiger partial charge in [0.1, 0.15) is 11.5 Å². The molecule has 1 aromatic heterocycles. The van der Waals surface area contributed by atoms with E-state index in [9.17, 15) is 14.3 Å². The first-order valence-corrected chi connectivity index (χ1v) is 11.6. The number of amides is 1. The number of benzene rings is 3. The summed E-state index contributed by atoms with van der Waals surface area (Å²) in [6, 6.07) is 18.3. The van der Waals surface area contributed by atoms with E-state index < -0.39 is 0 Å². The number of carbonyl (C=O) groups excluding carboxylic acids is 1. The van der Waals surface area contributed by atoms with Crippen LogP contribution in [0.3, 0.4) is 0 Å². The van der Waals surface area contributed by atoms with E-state index in [0.29, 0.717) is 39.7 Å². The number of fused-ring (bicyclic) bond motifs is 1. The molecule has 33 heavy (non-hydrogen) atoms. The minimum atomic E-state index is -0.349. The van der Waals surface area contributed by atoms with E-state index in [2.05, 4.69) is 17.9 Å². The lowest BCUT2D eigenvalue weighted by Crippen LogP contribution is -2.37. The van der Waals surface area contributed by atoms with Crippen LogP contribution in [0.25, 0.3) is 27.8 Å². The Morgan fingerprint density at radius 2 is 1.91 bits per heavy atom. The van der Waals surface area contributed by atoms with Crippen LogP contribution in [0.1, 0.15) is 23.2 Å². The molecule has 8 heteroatoms. The second-order valence-electron chi connectivity index (χ2n) is 7.67. The SMILES string of the molecule is O=C(N[C@H](CO)CCCS)c1ccc2c(-c3ccccc3Cl)nn(-c3ccc(F)cc3)c2c1. The summed E-state index contributed by atoms with van der Waals surface area (Å²) in [6.07, 6.45) is 1.42. The minimum absolute atomic E-state index is 0.147. The van der Waals surface area contributed by atoms with Crippen LogP contribution >= 0.6 is 24.2 Å². The largest absolute Gasteiger partial charge is 0.394 e. The maximum Gasteiger partial charge on any atom is 0.251 e. The van der Waals surface area contributed by atoms with Gasteiger partial charge in [0, 0.05) is 16.5 Å². The van der Waals surface area contributed by atoms with Crippen LogP contribution < -0.4 is 5.32 Å². The summed E-state index contributed by atoms with van der Waals surface area (Å²) in [5.74, 6) is 0.0409. The third kappa shape index (κ3) is 5.05. The maximum atomic E-state index is 13.5. The Kier molecular flexibility index (Phi) is 7.33. The molecule has 1 atom stereocenters. The van der Waals surface area contributed by atoms with Crippen LogP contribution in [0.2, 0.25) is 5.02 Å². The summed E-state index contributed by atoms with van der Waals surface area (Å²) >= 11 is 10.6. The lowest BCUT2D eigenvalue weighted by Gasteiger charge is -2.16. The molecule has 0 spiro atoms. The van der Waals surface area contributed by atoms with Crippen molar-refractivity contribution in [3.63, 3.8) is 0 Å². The van der Waals surface area contributed by atoms with E-state index >= 15 is 0 Å². The fraction of sp³-hybridized carbons (Fsp3) is 0.200. The molecule has 0 saturated heterocycles. The third-order valence-electron chi connectivity index (χ3n) is 5.41. The number of nitrogens with one attached hydrogen (secondary N) is 1. The van der Waals surface area contributed by atoms with Crippen molar-refractivity contribution in [2.24, 2.45) is 0 Å². The molecular weight excluding hydrogens is 461 g/mol. The molecule has 0 saturated carbocycles. The molecule has 0 bridgehead atoms. The summed E-state index contributed by atoms with van der Waals surface area (Å²) in [6.45, 7) is -0.147. The minimum Gasteiger partial charge on any atom is -0.394 e. The molecule has 0 radical (unpaired) electrons. The molecular formula is C25H23ClFN3O2S. The number of thiol groups is 1. The predicted octanol–water partition coefficient (Wildman–Crippen LogP) is 5.29. The number of rotatable bonds is 8. The molecule has 0 aliphatic heterocycles. The van der Waals surface area contributed by atoms with Gasteiger partial charge in [-0.15, -0.1) is 0 Å². The Morgan fingerprint density at radius 3 is 2.61 bits per heavy atom. The van der Waals surface area contributed by atoms with Crippen molar-refractivity contribution in [2.45, 2.75) is 18.9 Å². The predicted molar refractivity (Wildman–Crippen MR) is 133 cm³/mol. The Balaban J connectivity index is 1.80. The normalized spacial score (nSPS) is 12.1. The molecule has 0 aliphatic rings. The van der Waals surface area contributed by atoms with E-state index in [-0.39, 0.29) is 24.4 Å².